The van der Waals surface area contributed by atoms with Gasteiger partial charge in [-0.2, -0.15) is 17.0 Å². The first-order valence-electron chi connectivity index (χ1n) is 13.4. The molecule has 212 valence electrons. The van der Waals surface area contributed by atoms with Crippen LogP contribution < -0.4 is 0 Å². The molecule has 2 aromatic carbocycles. The second-order valence-corrected chi connectivity index (χ2v) is 11.1. The van der Waals surface area contributed by atoms with Crippen molar-refractivity contribution >= 4 is 29.3 Å². The van der Waals surface area contributed by atoms with Gasteiger partial charge in [-0.05, 0) is 60.8 Å². The van der Waals surface area contributed by atoms with E-state index in [0.717, 1.165) is 65.2 Å². The Morgan fingerprint density at radius 3 is 2.55 bits per heavy atom. The monoisotopic (exact) mass is 581 g/mol. The molecule has 1 atom stereocenters. The predicted octanol–water partition coefficient (Wildman–Crippen LogP) is 5.50. The van der Waals surface area contributed by atoms with E-state index >= 15 is 0 Å². The number of esters is 1. The summed E-state index contributed by atoms with van der Waals surface area (Å²) in [6.07, 6.45) is 5.60. The van der Waals surface area contributed by atoms with Gasteiger partial charge in [0.25, 0.3) is 0 Å². The summed E-state index contributed by atoms with van der Waals surface area (Å²) in [5.74, 6) is 2.09. The number of unbranched alkanes of at least 4 members (excludes halogenated alkanes) is 1. The maximum absolute atomic E-state index is 12.9. The molecule has 4 rings (SSSR count). The third-order valence-electron chi connectivity index (χ3n) is 6.82. The van der Waals surface area contributed by atoms with Crippen LogP contribution in [0.2, 0.25) is 5.15 Å². The Labute approximate surface area is 244 Å². The highest BCUT2D eigenvalue weighted by Gasteiger charge is 2.24. The molecular weight excluding hydrogens is 546 g/mol. The summed E-state index contributed by atoms with van der Waals surface area (Å²) >= 11 is 8.34. The number of aromatic amines is 1. The van der Waals surface area contributed by atoms with Gasteiger partial charge in [-0.15, -0.1) is 10.2 Å². The summed E-state index contributed by atoms with van der Waals surface area (Å²) in [6.45, 7) is 2.80. The molecule has 0 aliphatic heterocycles. The highest BCUT2D eigenvalue weighted by Crippen LogP contribution is 2.30. The minimum absolute atomic E-state index is 0.0799. The van der Waals surface area contributed by atoms with Gasteiger partial charge in [-0.25, -0.2) is 4.98 Å². The van der Waals surface area contributed by atoms with Gasteiger partial charge in [-0.1, -0.05) is 73.5 Å². The van der Waals surface area contributed by atoms with Crippen molar-refractivity contribution < 1.29 is 9.53 Å². The Hall–Kier alpha value is -3.21. The Balaban J connectivity index is 1.56. The van der Waals surface area contributed by atoms with E-state index in [1.54, 1.807) is 11.8 Å². The number of thioether (sulfide) groups is 1. The number of carbonyl (C=O) groups excluding carboxylic acids is 1. The zero-order chi connectivity index (χ0) is 28.5. The molecule has 0 aliphatic carbocycles. The van der Waals surface area contributed by atoms with E-state index in [-0.39, 0.29) is 18.6 Å². The van der Waals surface area contributed by atoms with E-state index in [0.29, 0.717) is 17.5 Å². The molecule has 2 aromatic heterocycles. The number of H-pyrrole nitrogens is 1. The van der Waals surface area contributed by atoms with Crippen molar-refractivity contribution in [2.24, 2.45) is 0 Å². The van der Waals surface area contributed by atoms with Gasteiger partial charge >= 0.3 is 5.97 Å². The normalized spacial score (nSPS) is 12.2. The number of hydrogen-bond acceptors (Lipinski definition) is 8. The van der Waals surface area contributed by atoms with Crippen LogP contribution in [0.25, 0.3) is 22.5 Å². The highest BCUT2D eigenvalue weighted by molar-refractivity contribution is 7.98. The van der Waals surface area contributed by atoms with Crippen LogP contribution in [-0.2, 0) is 29.1 Å². The van der Waals surface area contributed by atoms with Crippen LogP contribution in [0.3, 0.4) is 0 Å². The highest BCUT2D eigenvalue weighted by atomic mass is 35.5. The lowest BCUT2D eigenvalue weighted by atomic mass is 9.98. The lowest BCUT2D eigenvalue weighted by Gasteiger charge is -2.22. The number of imidazole rings is 1. The van der Waals surface area contributed by atoms with Crippen LogP contribution in [0.5, 0.6) is 0 Å². The maximum atomic E-state index is 12.9. The molecule has 0 fully saturated rings. The standard InChI is InChI=1S/C29H36ClN7O2S/c1-5-6-11-26-31-27(30)25(19-39-29(38)24(36(2)3)16-17-40-4)37(26)18-20-12-14-21(15-13-20)22-9-7-8-10-23(22)28-32-34-35-33-28/h7-10,12-15,24H,5-6,11,16-19H2,1-4H3,(H,32,33,34,35)/t24-/m0/s1. The number of aromatic nitrogens is 6. The van der Waals surface area contributed by atoms with Gasteiger partial charge in [-0.3, -0.25) is 9.69 Å². The average Bonchev–Trinajstić information content (AvgIpc) is 3.59. The van der Waals surface area contributed by atoms with Crippen molar-refractivity contribution in [2.75, 3.05) is 26.1 Å². The van der Waals surface area contributed by atoms with E-state index < -0.39 is 0 Å². The zero-order valence-corrected chi connectivity index (χ0v) is 25.0. The Kier molecular flexibility index (Phi) is 10.7. The summed E-state index contributed by atoms with van der Waals surface area (Å²) in [4.78, 5) is 19.5. The molecule has 0 aliphatic rings. The number of benzene rings is 2. The first-order valence-corrected chi connectivity index (χ1v) is 15.2. The smallest absolute Gasteiger partial charge is 0.323 e. The van der Waals surface area contributed by atoms with Crippen molar-refractivity contribution in [3.63, 3.8) is 0 Å². The fourth-order valence-corrected chi connectivity index (χ4v) is 5.30. The van der Waals surface area contributed by atoms with Crippen LogP contribution in [0.15, 0.2) is 48.5 Å². The number of rotatable bonds is 14. The molecule has 0 saturated heterocycles. The fraction of sp³-hybridized carbons (Fsp3) is 0.414. The van der Waals surface area contributed by atoms with Gasteiger partial charge in [0.05, 0.1) is 5.69 Å². The Bertz CT molecular complexity index is 1370. The Morgan fingerprint density at radius 2 is 1.90 bits per heavy atom. The molecule has 4 aromatic rings. The minimum Gasteiger partial charge on any atom is -0.458 e. The van der Waals surface area contributed by atoms with Gasteiger partial charge in [0.15, 0.2) is 5.15 Å². The molecule has 0 amide bonds. The maximum Gasteiger partial charge on any atom is 0.323 e. The Morgan fingerprint density at radius 1 is 1.15 bits per heavy atom. The number of nitrogens with zero attached hydrogens (tertiary/aromatic N) is 6. The average molecular weight is 582 g/mol. The molecule has 0 unspecified atom stereocenters. The van der Waals surface area contributed by atoms with E-state index in [9.17, 15) is 4.79 Å². The molecule has 0 spiro atoms. The SMILES string of the molecule is CCCCc1nc(Cl)c(COC(=O)[C@H](CCSC)N(C)C)n1Cc1ccc(-c2ccccc2-c2nn[nH]n2)cc1. The number of carbonyl (C=O) groups is 1. The first-order chi connectivity index (χ1) is 19.4. The number of likely N-dealkylation sites (N-methyl/N-ethyl adjacent to an activating group) is 1. The van der Waals surface area contributed by atoms with E-state index in [4.69, 9.17) is 16.3 Å². The number of nitrogens with one attached hydrogen (secondary N) is 1. The van der Waals surface area contributed by atoms with Crippen molar-refractivity contribution in [2.45, 2.75) is 51.8 Å². The zero-order valence-electron chi connectivity index (χ0n) is 23.4. The molecule has 11 heteroatoms. The molecular formula is C29H36ClN7O2S. The number of hydrogen-bond donors (Lipinski definition) is 1. The number of tetrazole rings is 1. The van der Waals surface area contributed by atoms with E-state index in [2.05, 4.69) is 61.4 Å². The largest absolute Gasteiger partial charge is 0.458 e. The van der Waals surface area contributed by atoms with E-state index in [1.165, 1.54) is 0 Å². The van der Waals surface area contributed by atoms with Crippen molar-refractivity contribution in [1.29, 1.82) is 0 Å². The number of ether oxygens (including phenoxy) is 1. The summed E-state index contributed by atoms with van der Waals surface area (Å²) in [5, 5.41) is 14.9. The third-order valence-corrected chi connectivity index (χ3v) is 7.76. The summed E-state index contributed by atoms with van der Waals surface area (Å²) in [5.41, 5.74) is 4.79. The van der Waals surface area contributed by atoms with Gasteiger partial charge in [0.2, 0.25) is 5.82 Å². The second kappa shape index (κ2) is 14.4. The van der Waals surface area contributed by atoms with Gasteiger partial charge < -0.3 is 9.30 Å². The molecule has 0 saturated carbocycles. The molecule has 1 N–H and O–H groups in total. The van der Waals surface area contributed by atoms with Crippen LogP contribution in [0, 0.1) is 0 Å². The molecule has 2 heterocycles. The summed E-state index contributed by atoms with van der Waals surface area (Å²) in [6, 6.07) is 16.1. The fourth-order valence-electron chi connectivity index (χ4n) is 4.59. The lowest BCUT2D eigenvalue weighted by molar-refractivity contribution is -0.150. The molecule has 0 radical (unpaired) electrons. The van der Waals surface area contributed by atoms with Crippen LogP contribution >= 0.6 is 23.4 Å². The first kappa shape index (κ1) is 29.8. The molecule has 40 heavy (non-hydrogen) atoms. The minimum atomic E-state index is -0.301. The molecule has 9 nitrogen and oxygen atoms in total. The van der Waals surface area contributed by atoms with Crippen molar-refractivity contribution in [3.05, 3.63) is 70.8 Å². The van der Waals surface area contributed by atoms with Crippen molar-refractivity contribution in [3.8, 4) is 22.5 Å². The lowest BCUT2D eigenvalue weighted by Crippen LogP contribution is -2.37. The third kappa shape index (κ3) is 7.30. The summed E-state index contributed by atoms with van der Waals surface area (Å²) in [7, 11) is 3.80. The molecule has 0 bridgehead atoms. The number of aryl methyl sites for hydroxylation is 1. The quantitative estimate of drug-likeness (QED) is 0.195. The van der Waals surface area contributed by atoms with Crippen LogP contribution in [-0.4, -0.2) is 73.2 Å². The predicted molar refractivity (Wildman–Crippen MR) is 160 cm³/mol. The van der Waals surface area contributed by atoms with Crippen molar-refractivity contribution in [1.82, 2.24) is 35.1 Å². The van der Waals surface area contributed by atoms with Gasteiger partial charge in [0, 0.05) is 18.5 Å². The topological polar surface area (TPSA) is 102 Å². The van der Waals surface area contributed by atoms with Crippen LogP contribution in [0.4, 0.5) is 0 Å². The summed E-state index contributed by atoms with van der Waals surface area (Å²) < 4.78 is 7.89. The number of halogens is 1. The van der Waals surface area contributed by atoms with Crippen LogP contribution in [0.1, 0.15) is 43.3 Å². The second-order valence-electron chi connectivity index (χ2n) is 9.80. The van der Waals surface area contributed by atoms with E-state index in [1.807, 2.05) is 49.5 Å². The van der Waals surface area contributed by atoms with Gasteiger partial charge in [0.1, 0.15) is 18.5 Å².